The Bertz CT molecular complexity index is 435. The Labute approximate surface area is 127 Å². The fourth-order valence-corrected chi connectivity index (χ4v) is 3.90. The molecule has 5 heteroatoms. The topological polar surface area (TPSA) is 32.3 Å². The quantitative estimate of drug-likeness (QED) is 0.909. The lowest BCUT2D eigenvalue weighted by Crippen LogP contribution is -2.50. The summed E-state index contributed by atoms with van der Waals surface area (Å²) in [7, 11) is 0. The van der Waals surface area contributed by atoms with Crippen molar-refractivity contribution in [2.75, 3.05) is 13.1 Å². The monoisotopic (exact) mass is 344 g/mol. The molecule has 1 N–H and O–H groups in total. The van der Waals surface area contributed by atoms with Gasteiger partial charge in [0.2, 0.25) is 5.91 Å². The largest absolute Gasteiger partial charge is 0.343 e. The van der Waals surface area contributed by atoms with Crippen LogP contribution >= 0.6 is 27.3 Å². The summed E-state index contributed by atoms with van der Waals surface area (Å²) in [4.78, 5) is 13.4. The molecule has 3 nitrogen and oxygen atoms in total. The average molecular weight is 345 g/mol. The third kappa shape index (κ3) is 4.04. The van der Waals surface area contributed by atoms with Gasteiger partial charge >= 0.3 is 0 Å². The molecule has 0 bridgehead atoms. The average Bonchev–Trinajstić information content (AvgIpc) is 2.81. The van der Waals surface area contributed by atoms with Gasteiger partial charge in [0.15, 0.2) is 0 Å². The van der Waals surface area contributed by atoms with Gasteiger partial charge in [-0.3, -0.25) is 4.79 Å². The van der Waals surface area contributed by atoms with E-state index in [1.165, 1.54) is 9.35 Å². The molecule has 2 rings (SSSR count). The summed E-state index contributed by atoms with van der Waals surface area (Å²) < 4.78 is 1.18. The van der Waals surface area contributed by atoms with Crippen molar-refractivity contribution < 1.29 is 4.79 Å². The number of nitrogens with zero attached hydrogens (tertiary/aromatic N) is 1. The van der Waals surface area contributed by atoms with Crippen molar-refractivity contribution in [3.05, 3.63) is 20.8 Å². The third-order valence-electron chi connectivity index (χ3n) is 3.89. The number of amides is 1. The number of carbonyl (C=O) groups is 1. The second-order valence-corrected chi connectivity index (χ2v) is 7.46. The van der Waals surface area contributed by atoms with Crippen LogP contribution in [-0.4, -0.2) is 29.9 Å². The number of hydrogen-bond acceptors (Lipinski definition) is 3. The molecule has 106 valence electrons. The Morgan fingerprint density at radius 1 is 1.63 bits per heavy atom. The number of thiophene rings is 1. The van der Waals surface area contributed by atoms with Crippen LogP contribution in [0.5, 0.6) is 0 Å². The van der Waals surface area contributed by atoms with E-state index in [2.05, 4.69) is 39.6 Å². The summed E-state index contributed by atoms with van der Waals surface area (Å²) in [6.07, 6.45) is 2.18. The molecular weight excluding hydrogens is 324 g/mol. The van der Waals surface area contributed by atoms with Crippen molar-refractivity contribution in [2.24, 2.45) is 5.92 Å². The molecule has 1 aliphatic heterocycles. The van der Waals surface area contributed by atoms with Crippen molar-refractivity contribution in [1.29, 1.82) is 0 Å². The Kier molecular flexibility index (Phi) is 5.42. The van der Waals surface area contributed by atoms with Crippen LogP contribution < -0.4 is 5.32 Å². The van der Waals surface area contributed by atoms with Crippen LogP contribution in [0, 0.1) is 5.92 Å². The molecule has 0 aliphatic carbocycles. The van der Waals surface area contributed by atoms with Gasteiger partial charge in [0.25, 0.3) is 0 Å². The first-order valence-corrected chi connectivity index (χ1v) is 8.49. The molecule has 0 radical (unpaired) electrons. The van der Waals surface area contributed by atoms with Crippen molar-refractivity contribution >= 4 is 33.2 Å². The number of halogens is 1. The highest BCUT2D eigenvalue weighted by Gasteiger charge is 2.28. The molecule has 2 heterocycles. The highest BCUT2D eigenvalue weighted by molar-refractivity contribution is 9.11. The van der Waals surface area contributed by atoms with E-state index >= 15 is 0 Å². The predicted octanol–water partition coefficient (Wildman–Crippen LogP) is 3.25. The van der Waals surface area contributed by atoms with Gasteiger partial charge in [-0.2, -0.15) is 0 Å². The fraction of sp³-hybridized carbons (Fsp3) is 0.643. The van der Waals surface area contributed by atoms with Crippen LogP contribution in [0.2, 0.25) is 0 Å². The second-order valence-electron chi connectivity index (χ2n) is 5.17. The second kappa shape index (κ2) is 6.86. The zero-order valence-electron chi connectivity index (χ0n) is 11.5. The normalized spacial score (nSPS) is 23.6. The van der Waals surface area contributed by atoms with Crippen LogP contribution in [0.15, 0.2) is 15.2 Å². The van der Waals surface area contributed by atoms with Gasteiger partial charge in [-0.15, -0.1) is 11.3 Å². The molecule has 0 unspecified atom stereocenters. The molecule has 0 aromatic carbocycles. The van der Waals surface area contributed by atoms with Gasteiger partial charge in [-0.1, -0.05) is 13.3 Å². The molecular formula is C14H21BrN2OS. The molecule has 1 aliphatic rings. The lowest BCUT2D eigenvalue weighted by molar-refractivity contribution is -0.131. The number of likely N-dealkylation sites (tertiary alicyclic amines) is 1. The third-order valence-corrected chi connectivity index (χ3v) is 5.45. The van der Waals surface area contributed by atoms with Crippen molar-refractivity contribution in [3.8, 4) is 0 Å². The summed E-state index contributed by atoms with van der Waals surface area (Å²) in [5, 5.41) is 5.84. The summed E-state index contributed by atoms with van der Waals surface area (Å²) >= 11 is 5.22. The fourth-order valence-electron chi connectivity index (χ4n) is 2.69. The van der Waals surface area contributed by atoms with Crippen LogP contribution in [0.25, 0.3) is 0 Å². The number of rotatable bonds is 4. The Hall–Kier alpha value is -0.390. The van der Waals surface area contributed by atoms with Gasteiger partial charge in [0, 0.05) is 32.6 Å². The SMILES string of the molecule is CC[C@@H]1CN(C(C)=O)CC[C@@H]1NCc1csc(Br)c1. The maximum Gasteiger partial charge on any atom is 0.219 e. The van der Waals surface area contributed by atoms with E-state index in [0.717, 1.165) is 32.5 Å². The first kappa shape index (κ1) is 15.0. The van der Waals surface area contributed by atoms with E-state index in [4.69, 9.17) is 0 Å². The van der Waals surface area contributed by atoms with Crippen LogP contribution in [0.4, 0.5) is 0 Å². The molecule has 1 aromatic rings. The van der Waals surface area contributed by atoms with E-state index in [1.54, 1.807) is 18.3 Å². The zero-order valence-corrected chi connectivity index (χ0v) is 13.9. The molecule has 1 aromatic heterocycles. The van der Waals surface area contributed by atoms with E-state index in [-0.39, 0.29) is 5.91 Å². The molecule has 19 heavy (non-hydrogen) atoms. The lowest BCUT2D eigenvalue weighted by Gasteiger charge is -2.38. The maximum atomic E-state index is 11.5. The molecule has 2 atom stereocenters. The zero-order chi connectivity index (χ0) is 13.8. The van der Waals surface area contributed by atoms with Crippen LogP contribution in [0.1, 0.15) is 32.3 Å². The van der Waals surface area contributed by atoms with Crippen molar-refractivity contribution in [1.82, 2.24) is 10.2 Å². The smallest absolute Gasteiger partial charge is 0.219 e. The highest BCUT2D eigenvalue weighted by atomic mass is 79.9. The summed E-state index contributed by atoms with van der Waals surface area (Å²) in [5.74, 6) is 0.776. The van der Waals surface area contributed by atoms with E-state index in [1.807, 2.05) is 4.90 Å². The Balaban J connectivity index is 1.87. The van der Waals surface area contributed by atoms with Crippen molar-refractivity contribution in [2.45, 2.75) is 39.3 Å². The molecule has 1 saturated heterocycles. The molecule has 1 fully saturated rings. The van der Waals surface area contributed by atoms with Crippen LogP contribution in [0.3, 0.4) is 0 Å². The van der Waals surface area contributed by atoms with Gasteiger partial charge < -0.3 is 10.2 Å². The highest BCUT2D eigenvalue weighted by Crippen LogP contribution is 2.23. The van der Waals surface area contributed by atoms with Gasteiger partial charge in [-0.25, -0.2) is 0 Å². The van der Waals surface area contributed by atoms with Gasteiger partial charge in [0.05, 0.1) is 3.79 Å². The Morgan fingerprint density at radius 2 is 2.42 bits per heavy atom. The minimum absolute atomic E-state index is 0.207. The maximum absolute atomic E-state index is 11.5. The number of hydrogen-bond donors (Lipinski definition) is 1. The summed E-state index contributed by atoms with van der Waals surface area (Å²) in [6, 6.07) is 2.70. The van der Waals surface area contributed by atoms with Crippen LogP contribution in [-0.2, 0) is 11.3 Å². The first-order valence-electron chi connectivity index (χ1n) is 6.82. The standard InChI is InChI=1S/C14H21BrN2OS/c1-3-12-8-17(10(2)18)5-4-13(12)16-7-11-6-14(15)19-9-11/h6,9,12-13,16H,3-5,7-8H2,1-2H3/t12-,13+/m1/s1. The van der Waals surface area contributed by atoms with E-state index < -0.39 is 0 Å². The minimum Gasteiger partial charge on any atom is -0.343 e. The lowest BCUT2D eigenvalue weighted by atomic mass is 9.89. The molecule has 0 saturated carbocycles. The number of nitrogens with one attached hydrogen (secondary N) is 1. The van der Waals surface area contributed by atoms with Gasteiger partial charge in [-0.05, 0) is 45.3 Å². The number of carbonyl (C=O) groups excluding carboxylic acids is 1. The predicted molar refractivity (Wildman–Crippen MR) is 83.3 cm³/mol. The molecule has 1 amide bonds. The Morgan fingerprint density at radius 3 is 3.00 bits per heavy atom. The van der Waals surface area contributed by atoms with Gasteiger partial charge in [0.1, 0.15) is 0 Å². The van der Waals surface area contributed by atoms with E-state index in [0.29, 0.717) is 12.0 Å². The number of piperidine rings is 1. The van der Waals surface area contributed by atoms with E-state index in [9.17, 15) is 4.79 Å². The first-order chi connectivity index (χ1) is 9.10. The summed E-state index contributed by atoms with van der Waals surface area (Å²) in [5.41, 5.74) is 1.33. The molecule has 0 spiro atoms. The van der Waals surface area contributed by atoms with Crippen molar-refractivity contribution in [3.63, 3.8) is 0 Å². The minimum atomic E-state index is 0.207. The summed E-state index contributed by atoms with van der Waals surface area (Å²) in [6.45, 7) is 6.59.